The summed E-state index contributed by atoms with van der Waals surface area (Å²) < 4.78 is 1.83. The van der Waals surface area contributed by atoms with Crippen LogP contribution in [0.15, 0.2) is 109 Å². The first kappa shape index (κ1) is 22.0. The van der Waals surface area contributed by atoms with Gasteiger partial charge in [0.25, 0.3) is 0 Å². The standard InChI is InChI=1S/C30H23N3O2/c1-21(34)31-27-16-13-23(14-17-27)29(35)18-15-26-20-33(28-9-3-2-4-10-28)32-30(26)25-12-11-22-7-5-6-8-24(22)19-25/h2-20H,1H3,(H,31,34)/b18-15+. The largest absolute Gasteiger partial charge is 0.326 e. The first-order valence-electron chi connectivity index (χ1n) is 11.3. The second-order valence-corrected chi connectivity index (χ2v) is 8.23. The van der Waals surface area contributed by atoms with Gasteiger partial charge in [-0.1, -0.05) is 54.6 Å². The Bertz CT molecular complexity index is 1550. The molecule has 0 bridgehead atoms. The van der Waals surface area contributed by atoms with E-state index in [1.807, 2.05) is 53.3 Å². The van der Waals surface area contributed by atoms with Crippen molar-refractivity contribution in [1.82, 2.24) is 9.78 Å². The van der Waals surface area contributed by atoms with Crippen LogP contribution in [0.4, 0.5) is 5.69 Å². The van der Waals surface area contributed by atoms with E-state index in [0.717, 1.165) is 33.3 Å². The van der Waals surface area contributed by atoms with E-state index in [2.05, 4.69) is 35.6 Å². The zero-order valence-electron chi connectivity index (χ0n) is 19.2. The molecular formula is C30H23N3O2. The number of nitrogens with one attached hydrogen (secondary N) is 1. The van der Waals surface area contributed by atoms with E-state index >= 15 is 0 Å². The van der Waals surface area contributed by atoms with Crippen LogP contribution in [-0.4, -0.2) is 21.5 Å². The molecule has 5 nitrogen and oxygen atoms in total. The van der Waals surface area contributed by atoms with Gasteiger partial charge in [-0.15, -0.1) is 0 Å². The molecule has 5 rings (SSSR count). The molecule has 0 radical (unpaired) electrons. The number of fused-ring (bicyclic) bond motifs is 1. The van der Waals surface area contributed by atoms with Crippen molar-refractivity contribution in [3.63, 3.8) is 0 Å². The first-order chi connectivity index (χ1) is 17.1. The highest BCUT2D eigenvalue weighted by molar-refractivity contribution is 6.07. The molecule has 1 N–H and O–H groups in total. The Labute approximate surface area is 203 Å². The van der Waals surface area contributed by atoms with Crippen molar-refractivity contribution in [3.8, 4) is 16.9 Å². The molecule has 1 heterocycles. The predicted octanol–water partition coefficient (Wildman–Crippen LogP) is 6.55. The number of hydrogen-bond acceptors (Lipinski definition) is 3. The Morgan fingerprint density at radius 1 is 0.829 bits per heavy atom. The van der Waals surface area contributed by atoms with Crippen molar-refractivity contribution in [3.05, 3.63) is 120 Å². The number of allylic oxidation sites excluding steroid dienone is 1. The minimum atomic E-state index is -0.152. The van der Waals surface area contributed by atoms with Crippen molar-refractivity contribution in [2.45, 2.75) is 6.92 Å². The number of rotatable bonds is 6. The Morgan fingerprint density at radius 3 is 2.29 bits per heavy atom. The van der Waals surface area contributed by atoms with E-state index < -0.39 is 0 Å². The van der Waals surface area contributed by atoms with E-state index in [9.17, 15) is 9.59 Å². The summed E-state index contributed by atoms with van der Waals surface area (Å²) in [5, 5.41) is 9.86. The van der Waals surface area contributed by atoms with Crippen LogP contribution in [0.2, 0.25) is 0 Å². The normalized spacial score (nSPS) is 11.1. The monoisotopic (exact) mass is 457 g/mol. The average molecular weight is 458 g/mol. The van der Waals surface area contributed by atoms with Crippen LogP contribution in [0.3, 0.4) is 0 Å². The Morgan fingerprint density at radius 2 is 1.54 bits per heavy atom. The molecule has 0 spiro atoms. The average Bonchev–Trinajstić information content (AvgIpc) is 3.32. The summed E-state index contributed by atoms with van der Waals surface area (Å²) in [5.41, 5.74) is 4.75. The Hall–Kier alpha value is -4.77. The number of amides is 1. The highest BCUT2D eigenvalue weighted by atomic mass is 16.1. The summed E-state index contributed by atoms with van der Waals surface area (Å²) in [5.74, 6) is -0.281. The van der Waals surface area contributed by atoms with E-state index in [1.54, 1.807) is 36.4 Å². The van der Waals surface area contributed by atoms with Crippen LogP contribution < -0.4 is 5.32 Å². The maximum Gasteiger partial charge on any atom is 0.221 e. The number of nitrogens with zero attached hydrogens (tertiary/aromatic N) is 2. The number of carbonyl (C=O) groups is 2. The van der Waals surface area contributed by atoms with Crippen LogP contribution in [0.1, 0.15) is 22.8 Å². The molecular weight excluding hydrogens is 434 g/mol. The van der Waals surface area contributed by atoms with Gasteiger partial charge < -0.3 is 5.32 Å². The van der Waals surface area contributed by atoms with E-state index in [1.165, 1.54) is 6.92 Å². The topological polar surface area (TPSA) is 64.0 Å². The molecule has 0 saturated heterocycles. The van der Waals surface area contributed by atoms with E-state index in [4.69, 9.17) is 5.10 Å². The predicted molar refractivity (Wildman–Crippen MR) is 141 cm³/mol. The second kappa shape index (κ2) is 9.61. The van der Waals surface area contributed by atoms with Gasteiger partial charge in [0.1, 0.15) is 0 Å². The van der Waals surface area contributed by atoms with Crippen LogP contribution in [0.25, 0.3) is 33.8 Å². The van der Waals surface area contributed by atoms with Gasteiger partial charge in [-0.05, 0) is 65.4 Å². The van der Waals surface area contributed by atoms with Gasteiger partial charge in [-0.2, -0.15) is 5.10 Å². The van der Waals surface area contributed by atoms with Gasteiger partial charge in [0.15, 0.2) is 5.78 Å². The molecule has 0 saturated carbocycles. The fourth-order valence-corrected chi connectivity index (χ4v) is 3.97. The maximum atomic E-state index is 12.8. The molecule has 35 heavy (non-hydrogen) atoms. The summed E-state index contributed by atoms with van der Waals surface area (Å²) in [6.07, 6.45) is 5.30. The van der Waals surface area contributed by atoms with Gasteiger partial charge >= 0.3 is 0 Å². The smallest absolute Gasteiger partial charge is 0.221 e. The molecule has 1 amide bonds. The zero-order valence-corrected chi connectivity index (χ0v) is 19.2. The zero-order chi connectivity index (χ0) is 24.2. The summed E-state index contributed by atoms with van der Waals surface area (Å²) in [6, 6.07) is 31.2. The lowest BCUT2D eigenvalue weighted by molar-refractivity contribution is -0.114. The van der Waals surface area contributed by atoms with Crippen molar-refractivity contribution in [2.24, 2.45) is 0 Å². The molecule has 5 aromatic rings. The third kappa shape index (κ3) is 4.94. The lowest BCUT2D eigenvalue weighted by atomic mass is 10.0. The fourth-order valence-electron chi connectivity index (χ4n) is 3.97. The molecule has 0 aliphatic heterocycles. The van der Waals surface area contributed by atoms with E-state index in [0.29, 0.717) is 11.3 Å². The lowest BCUT2D eigenvalue weighted by Crippen LogP contribution is -2.05. The number of benzene rings is 4. The number of ketones is 1. The van der Waals surface area contributed by atoms with Crippen LogP contribution in [-0.2, 0) is 4.79 Å². The summed E-state index contributed by atoms with van der Waals surface area (Å²) in [7, 11) is 0. The van der Waals surface area contributed by atoms with Crippen molar-refractivity contribution in [1.29, 1.82) is 0 Å². The summed E-state index contributed by atoms with van der Waals surface area (Å²) >= 11 is 0. The molecule has 0 fully saturated rings. The molecule has 1 aromatic heterocycles. The third-order valence-electron chi connectivity index (χ3n) is 5.69. The maximum absolute atomic E-state index is 12.8. The Balaban J connectivity index is 1.50. The molecule has 4 aromatic carbocycles. The molecule has 0 aliphatic carbocycles. The molecule has 5 heteroatoms. The molecule has 0 unspecified atom stereocenters. The molecule has 0 atom stereocenters. The molecule has 170 valence electrons. The number of hydrogen-bond donors (Lipinski definition) is 1. The Kier molecular flexibility index (Phi) is 6.05. The number of para-hydroxylation sites is 1. The molecule has 0 aliphatic rings. The van der Waals surface area contributed by atoms with Gasteiger partial charge in [-0.25, -0.2) is 4.68 Å². The van der Waals surface area contributed by atoms with Gasteiger partial charge in [0.05, 0.1) is 11.4 Å². The number of anilines is 1. The fraction of sp³-hybridized carbons (Fsp3) is 0.0333. The van der Waals surface area contributed by atoms with Crippen molar-refractivity contribution >= 4 is 34.2 Å². The van der Waals surface area contributed by atoms with Crippen molar-refractivity contribution in [2.75, 3.05) is 5.32 Å². The van der Waals surface area contributed by atoms with Crippen LogP contribution >= 0.6 is 0 Å². The van der Waals surface area contributed by atoms with E-state index in [-0.39, 0.29) is 11.7 Å². The number of carbonyl (C=O) groups excluding carboxylic acids is 2. The SMILES string of the molecule is CC(=O)Nc1ccc(C(=O)/C=C/c2cn(-c3ccccc3)nc2-c2ccc3ccccc3c2)cc1. The first-order valence-corrected chi connectivity index (χ1v) is 11.3. The summed E-state index contributed by atoms with van der Waals surface area (Å²) in [6.45, 7) is 1.45. The summed E-state index contributed by atoms with van der Waals surface area (Å²) in [4.78, 5) is 24.1. The van der Waals surface area contributed by atoms with Gasteiger partial charge in [0, 0.05) is 35.5 Å². The van der Waals surface area contributed by atoms with Crippen LogP contribution in [0.5, 0.6) is 0 Å². The van der Waals surface area contributed by atoms with Gasteiger partial charge in [0.2, 0.25) is 5.91 Å². The minimum Gasteiger partial charge on any atom is -0.326 e. The highest BCUT2D eigenvalue weighted by Crippen LogP contribution is 2.28. The third-order valence-corrected chi connectivity index (χ3v) is 5.69. The van der Waals surface area contributed by atoms with Gasteiger partial charge in [-0.3, -0.25) is 9.59 Å². The number of aromatic nitrogens is 2. The van der Waals surface area contributed by atoms with Crippen molar-refractivity contribution < 1.29 is 9.59 Å². The highest BCUT2D eigenvalue weighted by Gasteiger charge is 2.12. The minimum absolute atomic E-state index is 0.128. The second-order valence-electron chi connectivity index (χ2n) is 8.23. The lowest BCUT2D eigenvalue weighted by Gasteiger charge is -2.03. The van der Waals surface area contributed by atoms with Crippen LogP contribution in [0, 0.1) is 0 Å². The quantitative estimate of drug-likeness (QED) is 0.232.